The summed E-state index contributed by atoms with van der Waals surface area (Å²) in [5.74, 6) is -0.785. The number of carboxylic acid groups (broad SMARTS) is 1. The maximum Gasteiger partial charge on any atom is 0.326 e. The molecule has 0 aliphatic rings. The molecule has 1 rings (SSSR count). The predicted octanol–water partition coefficient (Wildman–Crippen LogP) is 2.38. The summed E-state index contributed by atoms with van der Waals surface area (Å²) in [5, 5.41) is 9.00. The van der Waals surface area contributed by atoms with E-state index in [1.807, 2.05) is 42.2 Å². The average Bonchev–Trinajstić information content (AvgIpc) is 2.26. The van der Waals surface area contributed by atoms with Gasteiger partial charge < -0.3 is 10.0 Å². The number of carboxylic acids is 1. The van der Waals surface area contributed by atoms with Crippen LogP contribution in [0.2, 0.25) is 0 Å². The maximum atomic E-state index is 10.9. The van der Waals surface area contributed by atoms with Crippen LogP contribution in [0.3, 0.4) is 0 Å². The van der Waals surface area contributed by atoms with Crippen LogP contribution in [0, 0.1) is 0 Å². The molecule has 1 unspecified atom stereocenters. The molecule has 3 nitrogen and oxygen atoms in total. The second-order valence-electron chi connectivity index (χ2n) is 3.54. The highest BCUT2D eigenvalue weighted by molar-refractivity contribution is 5.77. The Morgan fingerprint density at radius 1 is 1.40 bits per heavy atom. The Hall–Kier alpha value is -1.51. The molecular weight excluding hydrogens is 190 g/mol. The summed E-state index contributed by atoms with van der Waals surface area (Å²) in [5.41, 5.74) is 0.967. The number of rotatable bonds is 5. The molecule has 82 valence electrons. The molecule has 1 aromatic rings. The molecule has 0 radical (unpaired) electrons. The van der Waals surface area contributed by atoms with Gasteiger partial charge >= 0.3 is 5.97 Å². The van der Waals surface area contributed by atoms with Crippen molar-refractivity contribution in [2.45, 2.75) is 26.3 Å². The van der Waals surface area contributed by atoms with E-state index < -0.39 is 12.0 Å². The van der Waals surface area contributed by atoms with E-state index in [9.17, 15) is 4.79 Å². The number of benzene rings is 1. The Balaban J connectivity index is 2.87. The van der Waals surface area contributed by atoms with Crippen molar-refractivity contribution in [1.82, 2.24) is 0 Å². The highest BCUT2D eigenvalue weighted by Crippen LogP contribution is 2.16. The molecule has 0 aliphatic carbocycles. The van der Waals surface area contributed by atoms with Crippen molar-refractivity contribution in [3.05, 3.63) is 30.3 Å². The van der Waals surface area contributed by atoms with E-state index in [1.165, 1.54) is 0 Å². The van der Waals surface area contributed by atoms with Gasteiger partial charge in [-0.2, -0.15) is 0 Å². The fourth-order valence-electron chi connectivity index (χ4n) is 1.54. The Labute approximate surface area is 90.3 Å². The fraction of sp³-hybridized carbons (Fsp3) is 0.417. The summed E-state index contributed by atoms with van der Waals surface area (Å²) in [7, 11) is 0. The zero-order valence-corrected chi connectivity index (χ0v) is 9.18. The van der Waals surface area contributed by atoms with Crippen LogP contribution in [0.15, 0.2) is 30.3 Å². The van der Waals surface area contributed by atoms with E-state index in [-0.39, 0.29) is 0 Å². The molecule has 0 spiro atoms. The zero-order valence-electron chi connectivity index (χ0n) is 9.18. The van der Waals surface area contributed by atoms with Crippen molar-refractivity contribution in [3.63, 3.8) is 0 Å². The molecule has 1 atom stereocenters. The highest BCUT2D eigenvalue weighted by Gasteiger charge is 2.19. The molecule has 1 N–H and O–H groups in total. The van der Waals surface area contributed by atoms with Crippen molar-refractivity contribution in [1.29, 1.82) is 0 Å². The SMILES string of the molecule is CCCN(c1ccccc1)C(C)C(=O)O. The number of anilines is 1. The maximum absolute atomic E-state index is 10.9. The Bertz CT molecular complexity index is 311. The summed E-state index contributed by atoms with van der Waals surface area (Å²) in [4.78, 5) is 12.9. The molecule has 0 heterocycles. The van der Waals surface area contributed by atoms with Gasteiger partial charge in [-0.25, -0.2) is 4.79 Å². The molecule has 0 bridgehead atoms. The minimum atomic E-state index is -0.785. The van der Waals surface area contributed by atoms with E-state index in [0.717, 1.165) is 18.7 Å². The Morgan fingerprint density at radius 2 is 2.00 bits per heavy atom. The van der Waals surface area contributed by atoms with Gasteiger partial charge in [0.25, 0.3) is 0 Å². The number of hydrogen-bond donors (Lipinski definition) is 1. The van der Waals surface area contributed by atoms with Gasteiger partial charge in [-0.3, -0.25) is 0 Å². The minimum absolute atomic E-state index is 0.479. The lowest BCUT2D eigenvalue weighted by Gasteiger charge is -2.28. The normalized spacial score (nSPS) is 12.1. The third-order valence-corrected chi connectivity index (χ3v) is 2.38. The number of para-hydroxylation sites is 1. The van der Waals surface area contributed by atoms with Crippen molar-refractivity contribution >= 4 is 11.7 Å². The first-order valence-corrected chi connectivity index (χ1v) is 5.21. The molecule has 3 heteroatoms. The first kappa shape index (κ1) is 11.6. The van der Waals surface area contributed by atoms with Crippen molar-refractivity contribution in [2.24, 2.45) is 0 Å². The largest absolute Gasteiger partial charge is 0.480 e. The zero-order chi connectivity index (χ0) is 11.3. The van der Waals surface area contributed by atoms with E-state index in [0.29, 0.717) is 0 Å². The Morgan fingerprint density at radius 3 is 2.47 bits per heavy atom. The molecule has 0 aliphatic heterocycles. The van der Waals surface area contributed by atoms with E-state index in [2.05, 4.69) is 0 Å². The van der Waals surface area contributed by atoms with Crippen LogP contribution < -0.4 is 4.90 Å². The average molecular weight is 207 g/mol. The summed E-state index contributed by atoms with van der Waals surface area (Å²) in [6.45, 7) is 4.52. The van der Waals surface area contributed by atoms with Gasteiger partial charge in [0.2, 0.25) is 0 Å². The van der Waals surface area contributed by atoms with Gasteiger partial charge in [0, 0.05) is 12.2 Å². The summed E-state index contributed by atoms with van der Waals surface area (Å²) < 4.78 is 0. The number of aliphatic carboxylic acids is 1. The highest BCUT2D eigenvalue weighted by atomic mass is 16.4. The standard InChI is InChI=1S/C12H17NO2/c1-3-9-13(10(2)12(14)15)11-7-5-4-6-8-11/h4-8,10H,3,9H2,1-2H3,(H,14,15). The minimum Gasteiger partial charge on any atom is -0.480 e. The summed E-state index contributed by atoms with van der Waals surface area (Å²) in [6.07, 6.45) is 0.937. The molecule has 15 heavy (non-hydrogen) atoms. The van der Waals surface area contributed by atoms with Crippen LogP contribution in [-0.2, 0) is 4.79 Å². The summed E-state index contributed by atoms with van der Waals surface area (Å²) in [6, 6.07) is 9.18. The van der Waals surface area contributed by atoms with Crippen LogP contribution in [0.1, 0.15) is 20.3 Å². The second-order valence-corrected chi connectivity index (χ2v) is 3.54. The van der Waals surface area contributed by atoms with Crippen LogP contribution >= 0.6 is 0 Å². The molecule has 1 aromatic carbocycles. The number of nitrogens with zero attached hydrogens (tertiary/aromatic N) is 1. The molecule has 0 amide bonds. The van der Waals surface area contributed by atoms with Gasteiger partial charge in [0.05, 0.1) is 0 Å². The number of hydrogen-bond acceptors (Lipinski definition) is 2. The third kappa shape index (κ3) is 2.98. The molecule has 0 saturated carbocycles. The lowest BCUT2D eigenvalue weighted by atomic mass is 10.2. The molecule has 0 aromatic heterocycles. The van der Waals surface area contributed by atoms with Crippen LogP contribution in [-0.4, -0.2) is 23.7 Å². The van der Waals surface area contributed by atoms with Gasteiger partial charge in [-0.1, -0.05) is 25.1 Å². The second kappa shape index (κ2) is 5.39. The number of carbonyl (C=O) groups is 1. The molecular formula is C12H17NO2. The van der Waals surface area contributed by atoms with E-state index in [1.54, 1.807) is 6.92 Å². The first-order chi connectivity index (χ1) is 7.16. The van der Waals surface area contributed by atoms with Crippen molar-refractivity contribution in [3.8, 4) is 0 Å². The summed E-state index contributed by atoms with van der Waals surface area (Å²) >= 11 is 0. The third-order valence-electron chi connectivity index (χ3n) is 2.38. The van der Waals surface area contributed by atoms with Gasteiger partial charge in [0.1, 0.15) is 6.04 Å². The lowest BCUT2D eigenvalue weighted by Crippen LogP contribution is -2.39. The van der Waals surface area contributed by atoms with Crippen LogP contribution in [0.25, 0.3) is 0 Å². The smallest absolute Gasteiger partial charge is 0.326 e. The topological polar surface area (TPSA) is 40.5 Å². The lowest BCUT2D eigenvalue weighted by molar-refractivity contribution is -0.138. The quantitative estimate of drug-likeness (QED) is 0.805. The van der Waals surface area contributed by atoms with Gasteiger partial charge in [0.15, 0.2) is 0 Å². The van der Waals surface area contributed by atoms with Crippen molar-refractivity contribution < 1.29 is 9.90 Å². The predicted molar refractivity (Wildman–Crippen MR) is 61.2 cm³/mol. The van der Waals surface area contributed by atoms with E-state index >= 15 is 0 Å². The van der Waals surface area contributed by atoms with E-state index in [4.69, 9.17) is 5.11 Å². The Kier molecular flexibility index (Phi) is 4.16. The monoisotopic (exact) mass is 207 g/mol. The van der Waals surface area contributed by atoms with Crippen LogP contribution in [0.5, 0.6) is 0 Å². The van der Waals surface area contributed by atoms with Gasteiger partial charge in [-0.15, -0.1) is 0 Å². The molecule has 0 saturated heterocycles. The fourth-order valence-corrected chi connectivity index (χ4v) is 1.54. The van der Waals surface area contributed by atoms with Crippen molar-refractivity contribution in [2.75, 3.05) is 11.4 Å². The van der Waals surface area contributed by atoms with Gasteiger partial charge in [-0.05, 0) is 25.5 Å². The van der Waals surface area contributed by atoms with Crippen LogP contribution in [0.4, 0.5) is 5.69 Å². The molecule has 0 fully saturated rings. The first-order valence-electron chi connectivity index (χ1n) is 5.21.